The van der Waals surface area contributed by atoms with Crippen molar-refractivity contribution in [1.82, 2.24) is 9.55 Å². The minimum absolute atomic E-state index is 0.0987. The summed E-state index contributed by atoms with van der Waals surface area (Å²) >= 11 is 0. The van der Waals surface area contributed by atoms with Crippen molar-refractivity contribution >= 4 is 5.69 Å². The third-order valence-electron chi connectivity index (χ3n) is 2.68. The van der Waals surface area contributed by atoms with Crippen LogP contribution in [0.25, 0.3) is 0 Å². The standard InChI is InChI=1S/C12H13N3O3/c16-8-11-7-14(9-13-11)6-5-10-3-1-2-4-12(10)15(17)18/h1-4,7,9,16H,5-6,8H2. The van der Waals surface area contributed by atoms with Crippen LogP contribution >= 0.6 is 0 Å². The number of hydrogen-bond donors (Lipinski definition) is 1. The normalized spacial score (nSPS) is 10.5. The van der Waals surface area contributed by atoms with Crippen LogP contribution in [0.2, 0.25) is 0 Å². The number of rotatable bonds is 5. The van der Waals surface area contributed by atoms with Gasteiger partial charge in [0.2, 0.25) is 0 Å². The zero-order valence-electron chi connectivity index (χ0n) is 9.69. The summed E-state index contributed by atoms with van der Waals surface area (Å²) in [5, 5.41) is 19.7. The summed E-state index contributed by atoms with van der Waals surface area (Å²) in [5.41, 5.74) is 1.43. The smallest absolute Gasteiger partial charge is 0.272 e. The fourth-order valence-corrected chi connectivity index (χ4v) is 1.76. The van der Waals surface area contributed by atoms with Crippen molar-refractivity contribution in [2.45, 2.75) is 19.6 Å². The van der Waals surface area contributed by atoms with E-state index in [2.05, 4.69) is 4.98 Å². The molecule has 0 spiro atoms. The van der Waals surface area contributed by atoms with Gasteiger partial charge in [-0.25, -0.2) is 4.98 Å². The number of hydrogen-bond acceptors (Lipinski definition) is 4. The van der Waals surface area contributed by atoms with E-state index in [9.17, 15) is 10.1 Å². The molecule has 0 aliphatic carbocycles. The van der Waals surface area contributed by atoms with E-state index in [1.54, 1.807) is 30.7 Å². The van der Waals surface area contributed by atoms with Crippen molar-refractivity contribution in [3.05, 3.63) is 58.2 Å². The molecule has 0 bridgehead atoms. The lowest BCUT2D eigenvalue weighted by atomic mass is 10.1. The van der Waals surface area contributed by atoms with Gasteiger partial charge in [-0.3, -0.25) is 10.1 Å². The van der Waals surface area contributed by atoms with E-state index in [0.717, 1.165) is 0 Å². The minimum Gasteiger partial charge on any atom is -0.390 e. The first-order valence-corrected chi connectivity index (χ1v) is 5.54. The number of imidazole rings is 1. The molecular formula is C12H13N3O3. The van der Waals surface area contributed by atoms with Gasteiger partial charge in [0, 0.05) is 24.4 Å². The van der Waals surface area contributed by atoms with E-state index < -0.39 is 0 Å². The molecule has 94 valence electrons. The Morgan fingerprint density at radius 1 is 1.39 bits per heavy atom. The highest BCUT2D eigenvalue weighted by molar-refractivity contribution is 5.39. The van der Waals surface area contributed by atoms with E-state index in [-0.39, 0.29) is 17.2 Å². The number of para-hydroxylation sites is 1. The topological polar surface area (TPSA) is 81.2 Å². The van der Waals surface area contributed by atoms with Gasteiger partial charge in [0.1, 0.15) is 0 Å². The van der Waals surface area contributed by atoms with Crippen molar-refractivity contribution in [2.75, 3.05) is 0 Å². The van der Waals surface area contributed by atoms with Crippen LogP contribution in [0, 0.1) is 10.1 Å². The van der Waals surface area contributed by atoms with Crippen molar-refractivity contribution in [1.29, 1.82) is 0 Å². The molecule has 0 unspecified atom stereocenters. The van der Waals surface area contributed by atoms with Gasteiger partial charge in [0.25, 0.3) is 5.69 Å². The fourth-order valence-electron chi connectivity index (χ4n) is 1.76. The summed E-state index contributed by atoms with van der Waals surface area (Å²) in [6.07, 6.45) is 3.90. The second kappa shape index (κ2) is 5.42. The molecule has 1 aromatic heterocycles. The fraction of sp³-hybridized carbons (Fsp3) is 0.250. The third kappa shape index (κ3) is 2.72. The Balaban J connectivity index is 2.08. The zero-order chi connectivity index (χ0) is 13.0. The van der Waals surface area contributed by atoms with Gasteiger partial charge in [-0.2, -0.15) is 0 Å². The maximum absolute atomic E-state index is 10.8. The number of aliphatic hydroxyl groups excluding tert-OH is 1. The number of aromatic nitrogens is 2. The van der Waals surface area contributed by atoms with Crippen LogP contribution in [0.1, 0.15) is 11.3 Å². The molecular weight excluding hydrogens is 234 g/mol. The maximum atomic E-state index is 10.8. The molecule has 0 amide bonds. The summed E-state index contributed by atoms with van der Waals surface area (Å²) in [7, 11) is 0. The highest BCUT2D eigenvalue weighted by Crippen LogP contribution is 2.18. The van der Waals surface area contributed by atoms with Gasteiger partial charge in [0.05, 0.1) is 23.6 Å². The molecule has 18 heavy (non-hydrogen) atoms. The Morgan fingerprint density at radius 2 is 2.17 bits per heavy atom. The van der Waals surface area contributed by atoms with Crippen LogP contribution in [0.3, 0.4) is 0 Å². The summed E-state index contributed by atoms with van der Waals surface area (Å²) in [6, 6.07) is 6.70. The summed E-state index contributed by atoms with van der Waals surface area (Å²) in [6.45, 7) is 0.496. The lowest BCUT2D eigenvalue weighted by molar-refractivity contribution is -0.385. The van der Waals surface area contributed by atoms with Gasteiger partial charge in [-0.1, -0.05) is 18.2 Å². The molecule has 0 radical (unpaired) electrons. The lowest BCUT2D eigenvalue weighted by Crippen LogP contribution is -2.01. The molecule has 6 nitrogen and oxygen atoms in total. The first kappa shape index (κ1) is 12.3. The molecule has 1 aromatic carbocycles. The average Bonchev–Trinajstić information content (AvgIpc) is 2.84. The molecule has 0 saturated carbocycles. The monoisotopic (exact) mass is 247 g/mol. The molecule has 0 atom stereocenters. The predicted octanol–water partition coefficient (Wildman–Crippen LogP) is 1.53. The Bertz CT molecular complexity index is 551. The molecule has 1 N–H and O–H groups in total. The number of nitro benzene ring substituents is 1. The van der Waals surface area contributed by atoms with E-state index in [1.165, 1.54) is 6.07 Å². The Hall–Kier alpha value is -2.21. The largest absolute Gasteiger partial charge is 0.390 e. The third-order valence-corrected chi connectivity index (χ3v) is 2.68. The Labute approximate surface area is 104 Å². The van der Waals surface area contributed by atoms with Gasteiger partial charge < -0.3 is 9.67 Å². The van der Waals surface area contributed by atoms with Crippen LogP contribution in [0.5, 0.6) is 0 Å². The van der Waals surface area contributed by atoms with Crippen LogP contribution in [-0.4, -0.2) is 19.6 Å². The first-order chi connectivity index (χ1) is 8.70. The second-order valence-electron chi connectivity index (χ2n) is 3.90. The lowest BCUT2D eigenvalue weighted by Gasteiger charge is -2.03. The van der Waals surface area contributed by atoms with Crippen molar-refractivity contribution in [2.24, 2.45) is 0 Å². The highest BCUT2D eigenvalue weighted by Gasteiger charge is 2.11. The van der Waals surface area contributed by atoms with Gasteiger partial charge in [-0.05, 0) is 6.42 Å². The molecule has 1 heterocycles. The number of aliphatic hydroxyl groups is 1. The van der Waals surface area contributed by atoms with Crippen molar-refractivity contribution in [3.8, 4) is 0 Å². The van der Waals surface area contributed by atoms with Crippen LogP contribution in [0.4, 0.5) is 5.69 Å². The van der Waals surface area contributed by atoms with Gasteiger partial charge in [0.15, 0.2) is 0 Å². The van der Waals surface area contributed by atoms with E-state index in [0.29, 0.717) is 24.2 Å². The summed E-state index contributed by atoms with van der Waals surface area (Å²) in [5.74, 6) is 0. The molecule has 0 aliphatic rings. The SMILES string of the molecule is O=[N+]([O-])c1ccccc1CCn1cnc(CO)c1. The van der Waals surface area contributed by atoms with Crippen molar-refractivity contribution in [3.63, 3.8) is 0 Å². The Kier molecular flexibility index (Phi) is 3.69. The number of nitrogens with zero attached hydrogens (tertiary/aromatic N) is 3. The molecule has 6 heteroatoms. The number of aryl methyl sites for hydroxylation is 2. The predicted molar refractivity (Wildman–Crippen MR) is 65.0 cm³/mol. The second-order valence-corrected chi connectivity index (χ2v) is 3.90. The molecule has 0 saturated heterocycles. The van der Waals surface area contributed by atoms with Crippen molar-refractivity contribution < 1.29 is 10.0 Å². The molecule has 2 rings (SSSR count). The first-order valence-electron chi connectivity index (χ1n) is 5.54. The molecule has 0 fully saturated rings. The van der Waals surface area contributed by atoms with E-state index >= 15 is 0 Å². The van der Waals surface area contributed by atoms with Crippen LogP contribution in [0.15, 0.2) is 36.8 Å². The summed E-state index contributed by atoms with van der Waals surface area (Å²) in [4.78, 5) is 14.4. The maximum Gasteiger partial charge on any atom is 0.272 e. The molecule has 2 aromatic rings. The van der Waals surface area contributed by atoms with Crippen LogP contribution < -0.4 is 0 Å². The van der Waals surface area contributed by atoms with Gasteiger partial charge in [-0.15, -0.1) is 0 Å². The minimum atomic E-state index is -0.373. The van der Waals surface area contributed by atoms with E-state index in [4.69, 9.17) is 5.11 Å². The Morgan fingerprint density at radius 3 is 2.83 bits per heavy atom. The average molecular weight is 247 g/mol. The summed E-state index contributed by atoms with van der Waals surface area (Å²) < 4.78 is 1.81. The zero-order valence-corrected chi connectivity index (χ0v) is 9.69. The number of nitro groups is 1. The number of benzene rings is 1. The molecule has 0 aliphatic heterocycles. The highest BCUT2D eigenvalue weighted by atomic mass is 16.6. The van der Waals surface area contributed by atoms with E-state index in [1.807, 2.05) is 4.57 Å². The van der Waals surface area contributed by atoms with Crippen LogP contribution in [-0.2, 0) is 19.6 Å². The quantitative estimate of drug-likeness (QED) is 0.641. The van der Waals surface area contributed by atoms with Gasteiger partial charge >= 0.3 is 0 Å².